The molecule has 0 saturated carbocycles. The zero-order chi connectivity index (χ0) is 16.2. The molecule has 0 atom stereocenters. The highest BCUT2D eigenvalue weighted by Crippen LogP contribution is 2.18. The molecule has 4 nitrogen and oxygen atoms in total. The average Bonchev–Trinajstić information content (AvgIpc) is 2.56. The fraction of sp³-hybridized carbons (Fsp3) is 0. The predicted octanol–water partition coefficient (Wildman–Crippen LogP) is 3.56. The third kappa shape index (κ3) is 3.52. The molecule has 0 aromatic heterocycles. The molecule has 114 valence electrons. The number of carbonyl (C=O) groups is 2. The van der Waals surface area contributed by atoms with Crippen LogP contribution in [-0.2, 0) is 9.59 Å². The lowest BCUT2D eigenvalue weighted by Gasteiger charge is -2.07. The molecule has 3 aromatic rings. The van der Waals surface area contributed by atoms with E-state index in [1.54, 1.807) is 12.1 Å². The Labute approximate surface area is 131 Å². The lowest BCUT2D eigenvalue weighted by molar-refractivity contribution is -0.132. The van der Waals surface area contributed by atoms with Crippen LogP contribution in [0.25, 0.3) is 10.8 Å². The second-order valence-electron chi connectivity index (χ2n) is 4.98. The topological polar surface area (TPSA) is 58.2 Å². The summed E-state index contributed by atoms with van der Waals surface area (Å²) in [5, 5.41) is 6.95. The average molecular weight is 308 g/mol. The van der Waals surface area contributed by atoms with Crippen LogP contribution in [0.15, 0.2) is 66.7 Å². The van der Waals surface area contributed by atoms with Crippen molar-refractivity contribution in [2.75, 3.05) is 10.6 Å². The number of amides is 2. The van der Waals surface area contributed by atoms with Crippen molar-refractivity contribution < 1.29 is 14.0 Å². The summed E-state index contributed by atoms with van der Waals surface area (Å²) < 4.78 is 12.8. The number of anilines is 2. The van der Waals surface area contributed by atoms with Gasteiger partial charge in [0.1, 0.15) is 5.82 Å². The first-order valence-electron chi connectivity index (χ1n) is 6.98. The second kappa shape index (κ2) is 6.27. The van der Waals surface area contributed by atoms with E-state index in [2.05, 4.69) is 10.6 Å². The van der Waals surface area contributed by atoms with Gasteiger partial charge in [-0.25, -0.2) is 4.39 Å². The molecule has 0 radical (unpaired) electrons. The second-order valence-corrected chi connectivity index (χ2v) is 4.98. The van der Waals surface area contributed by atoms with E-state index in [1.807, 2.05) is 30.3 Å². The minimum absolute atomic E-state index is 0.352. The van der Waals surface area contributed by atoms with Crippen molar-refractivity contribution in [3.63, 3.8) is 0 Å². The molecular weight excluding hydrogens is 295 g/mol. The number of rotatable bonds is 2. The zero-order valence-electron chi connectivity index (χ0n) is 12.0. The van der Waals surface area contributed by atoms with Gasteiger partial charge in [0, 0.05) is 11.4 Å². The van der Waals surface area contributed by atoms with E-state index in [9.17, 15) is 14.0 Å². The van der Waals surface area contributed by atoms with Gasteiger partial charge in [-0.2, -0.15) is 0 Å². The Kier molecular flexibility index (Phi) is 4.01. The normalized spacial score (nSPS) is 10.3. The third-order valence-corrected chi connectivity index (χ3v) is 3.32. The molecule has 0 spiro atoms. The van der Waals surface area contributed by atoms with Crippen LogP contribution in [0.5, 0.6) is 0 Å². The summed E-state index contributed by atoms with van der Waals surface area (Å²) in [6, 6.07) is 18.3. The van der Waals surface area contributed by atoms with Crippen LogP contribution in [-0.4, -0.2) is 11.8 Å². The number of halogens is 1. The molecule has 0 aliphatic rings. The quantitative estimate of drug-likeness (QED) is 0.711. The number of hydrogen-bond acceptors (Lipinski definition) is 2. The smallest absolute Gasteiger partial charge is 0.314 e. The molecule has 5 heteroatoms. The van der Waals surface area contributed by atoms with Gasteiger partial charge in [0.15, 0.2) is 0 Å². The molecule has 3 aromatic carbocycles. The molecule has 3 rings (SSSR count). The number of nitrogens with one attached hydrogen (secondary N) is 2. The van der Waals surface area contributed by atoms with Gasteiger partial charge in [-0.1, -0.05) is 30.3 Å². The largest absolute Gasteiger partial charge is 0.318 e. The number of fused-ring (bicyclic) bond motifs is 1. The Morgan fingerprint density at radius 3 is 1.96 bits per heavy atom. The van der Waals surface area contributed by atoms with Crippen LogP contribution in [0.1, 0.15) is 0 Å². The number of carbonyl (C=O) groups excluding carboxylic acids is 2. The SMILES string of the molecule is O=C(Nc1ccc(F)cc1)C(=O)Nc1ccc2ccccc2c1. The van der Waals surface area contributed by atoms with Crippen molar-refractivity contribution >= 4 is 34.0 Å². The first-order chi connectivity index (χ1) is 11.1. The maximum atomic E-state index is 12.8. The summed E-state index contributed by atoms with van der Waals surface area (Å²) in [4.78, 5) is 23.8. The Hall–Kier alpha value is -3.21. The molecule has 0 heterocycles. The number of benzene rings is 3. The van der Waals surface area contributed by atoms with E-state index >= 15 is 0 Å². The van der Waals surface area contributed by atoms with E-state index in [1.165, 1.54) is 24.3 Å². The van der Waals surface area contributed by atoms with Crippen molar-refractivity contribution in [3.8, 4) is 0 Å². The van der Waals surface area contributed by atoms with Gasteiger partial charge in [0.05, 0.1) is 0 Å². The van der Waals surface area contributed by atoms with E-state index < -0.39 is 17.6 Å². The minimum atomic E-state index is -0.815. The lowest BCUT2D eigenvalue weighted by Crippen LogP contribution is -2.29. The van der Waals surface area contributed by atoms with Crippen LogP contribution >= 0.6 is 0 Å². The third-order valence-electron chi connectivity index (χ3n) is 3.32. The first-order valence-corrected chi connectivity index (χ1v) is 6.98. The first kappa shape index (κ1) is 14.7. The maximum Gasteiger partial charge on any atom is 0.314 e. The summed E-state index contributed by atoms with van der Waals surface area (Å²) in [6.45, 7) is 0. The van der Waals surface area contributed by atoms with Crippen molar-refractivity contribution in [1.29, 1.82) is 0 Å². The molecule has 0 aliphatic carbocycles. The predicted molar refractivity (Wildman–Crippen MR) is 87.6 cm³/mol. The van der Waals surface area contributed by atoms with Crippen molar-refractivity contribution in [2.45, 2.75) is 0 Å². The lowest BCUT2D eigenvalue weighted by atomic mass is 10.1. The van der Waals surface area contributed by atoms with Crippen LogP contribution in [0.3, 0.4) is 0 Å². The fourth-order valence-corrected chi connectivity index (χ4v) is 2.18. The van der Waals surface area contributed by atoms with Crippen LogP contribution in [0.2, 0.25) is 0 Å². The monoisotopic (exact) mass is 308 g/mol. The van der Waals surface area contributed by atoms with E-state index in [0.29, 0.717) is 11.4 Å². The van der Waals surface area contributed by atoms with Gasteiger partial charge in [-0.05, 0) is 47.2 Å². The number of hydrogen-bond donors (Lipinski definition) is 2. The molecule has 0 bridgehead atoms. The highest BCUT2D eigenvalue weighted by Gasteiger charge is 2.14. The Bertz CT molecular complexity index is 876. The Morgan fingerprint density at radius 1 is 0.696 bits per heavy atom. The Balaban J connectivity index is 1.69. The van der Waals surface area contributed by atoms with Crippen molar-refractivity contribution in [2.24, 2.45) is 0 Å². The van der Waals surface area contributed by atoms with Crippen molar-refractivity contribution in [3.05, 3.63) is 72.5 Å². The molecule has 0 aliphatic heterocycles. The summed E-state index contributed by atoms with van der Waals surface area (Å²) in [5.74, 6) is -2.02. The van der Waals surface area contributed by atoms with Crippen molar-refractivity contribution in [1.82, 2.24) is 0 Å². The minimum Gasteiger partial charge on any atom is -0.318 e. The molecule has 2 N–H and O–H groups in total. The van der Waals surface area contributed by atoms with Gasteiger partial charge >= 0.3 is 11.8 Å². The van der Waals surface area contributed by atoms with Crippen LogP contribution < -0.4 is 10.6 Å². The van der Waals surface area contributed by atoms with E-state index in [4.69, 9.17) is 0 Å². The molecule has 0 fully saturated rings. The summed E-state index contributed by atoms with van der Waals surface area (Å²) in [6.07, 6.45) is 0. The molecule has 0 unspecified atom stereocenters. The van der Waals surface area contributed by atoms with Crippen LogP contribution in [0.4, 0.5) is 15.8 Å². The molecule has 23 heavy (non-hydrogen) atoms. The van der Waals surface area contributed by atoms with E-state index in [0.717, 1.165) is 10.8 Å². The van der Waals surface area contributed by atoms with Gasteiger partial charge in [0.2, 0.25) is 0 Å². The highest BCUT2D eigenvalue weighted by atomic mass is 19.1. The standard InChI is InChI=1S/C18H13FN2O2/c19-14-6-9-15(10-7-14)20-17(22)18(23)21-16-8-5-12-3-1-2-4-13(12)11-16/h1-11H,(H,20,22)(H,21,23). The van der Waals surface area contributed by atoms with Gasteiger partial charge in [0.25, 0.3) is 0 Å². The van der Waals surface area contributed by atoms with Gasteiger partial charge in [-0.15, -0.1) is 0 Å². The molecular formula is C18H13FN2O2. The zero-order valence-corrected chi connectivity index (χ0v) is 12.0. The molecule has 2 amide bonds. The van der Waals surface area contributed by atoms with Crippen LogP contribution in [0, 0.1) is 5.82 Å². The summed E-state index contributed by atoms with van der Waals surface area (Å²) in [7, 11) is 0. The maximum absolute atomic E-state index is 12.8. The molecule has 0 saturated heterocycles. The Morgan fingerprint density at radius 2 is 1.26 bits per heavy atom. The van der Waals surface area contributed by atoms with Gasteiger partial charge in [-0.3, -0.25) is 9.59 Å². The summed E-state index contributed by atoms with van der Waals surface area (Å²) >= 11 is 0. The highest BCUT2D eigenvalue weighted by molar-refractivity contribution is 6.43. The summed E-state index contributed by atoms with van der Waals surface area (Å²) in [5.41, 5.74) is 0.882. The fourth-order valence-electron chi connectivity index (χ4n) is 2.18. The van der Waals surface area contributed by atoms with Gasteiger partial charge < -0.3 is 10.6 Å². The van der Waals surface area contributed by atoms with E-state index in [-0.39, 0.29) is 0 Å².